The quantitative estimate of drug-likeness (QED) is 0.926. The summed E-state index contributed by atoms with van der Waals surface area (Å²) in [6.45, 7) is 0. The van der Waals surface area contributed by atoms with Gasteiger partial charge in [-0.25, -0.2) is 9.97 Å². The van der Waals surface area contributed by atoms with Crippen molar-refractivity contribution in [3.63, 3.8) is 0 Å². The van der Waals surface area contributed by atoms with Gasteiger partial charge < -0.3 is 10.1 Å². The van der Waals surface area contributed by atoms with Gasteiger partial charge in [0.15, 0.2) is 0 Å². The number of nitrogens with zero attached hydrogens (tertiary/aromatic N) is 2. The van der Waals surface area contributed by atoms with Crippen LogP contribution in [-0.4, -0.2) is 23.0 Å². The Kier molecular flexibility index (Phi) is 4.51. The highest BCUT2D eigenvalue weighted by Crippen LogP contribution is 2.28. The number of hydrogen-bond acceptors (Lipinski definition) is 4. The van der Waals surface area contributed by atoms with Crippen LogP contribution in [0, 0.1) is 5.92 Å². The number of ether oxygens (including phenoxy) is 1. The normalized spacial score (nSPS) is 18.6. The maximum Gasteiger partial charge on any atom is 0.228 e. The topological polar surface area (TPSA) is 64.1 Å². The van der Waals surface area contributed by atoms with Gasteiger partial charge in [0.1, 0.15) is 17.9 Å². The fraction of sp³-hybridized carbons (Fsp3) is 0.471. The Hall–Kier alpha value is -2.17. The van der Waals surface area contributed by atoms with Crippen LogP contribution in [0.1, 0.15) is 44.2 Å². The van der Waals surface area contributed by atoms with E-state index in [9.17, 15) is 4.79 Å². The van der Waals surface area contributed by atoms with Crippen LogP contribution in [0.15, 0.2) is 30.3 Å². The molecule has 1 aromatic rings. The molecule has 22 heavy (non-hydrogen) atoms. The van der Waals surface area contributed by atoms with Crippen LogP contribution >= 0.6 is 0 Å². The van der Waals surface area contributed by atoms with Crippen molar-refractivity contribution in [2.75, 3.05) is 12.4 Å². The second kappa shape index (κ2) is 6.73. The van der Waals surface area contributed by atoms with Crippen molar-refractivity contribution in [3.8, 4) is 0 Å². The predicted octanol–water partition coefficient (Wildman–Crippen LogP) is 3.31. The first kappa shape index (κ1) is 14.8. The first-order valence-electron chi connectivity index (χ1n) is 7.85. The lowest BCUT2D eigenvalue weighted by Crippen LogP contribution is -2.21. The summed E-state index contributed by atoms with van der Waals surface area (Å²) in [4.78, 5) is 20.7. The second-order valence-corrected chi connectivity index (χ2v) is 5.74. The van der Waals surface area contributed by atoms with Gasteiger partial charge >= 0.3 is 0 Å². The Morgan fingerprint density at radius 2 is 2.14 bits per heavy atom. The zero-order valence-electron chi connectivity index (χ0n) is 12.8. The van der Waals surface area contributed by atoms with Gasteiger partial charge in [-0.3, -0.25) is 4.79 Å². The van der Waals surface area contributed by atoms with E-state index in [1.165, 1.54) is 6.33 Å². The fourth-order valence-electron chi connectivity index (χ4n) is 3.07. The molecule has 1 saturated carbocycles. The molecule has 1 heterocycles. The maximum absolute atomic E-state index is 12.2. The molecule has 1 aromatic heterocycles. The van der Waals surface area contributed by atoms with Crippen molar-refractivity contribution < 1.29 is 9.53 Å². The number of nitrogens with one attached hydrogen (secondary N) is 1. The molecule has 2 aliphatic rings. The van der Waals surface area contributed by atoms with E-state index >= 15 is 0 Å². The monoisotopic (exact) mass is 299 g/mol. The van der Waals surface area contributed by atoms with Crippen LogP contribution < -0.4 is 5.32 Å². The summed E-state index contributed by atoms with van der Waals surface area (Å²) in [5, 5.41) is 2.92. The highest BCUT2D eigenvalue weighted by Gasteiger charge is 2.23. The maximum atomic E-state index is 12.2. The molecule has 5 nitrogen and oxygen atoms in total. The Bertz CT molecular complexity index is 616. The van der Waals surface area contributed by atoms with E-state index in [0.717, 1.165) is 55.6 Å². The molecule has 3 rings (SSSR count). The van der Waals surface area contributed by atoms with Gasteiger partial charge in [-0.1, -0.05) is 25.0 Å². The smallest absolute Gasteiger partial charge is 0.228 e. The fourth-order valence-corrected chi connectivity index (χ4v) is 3.07. The molecule has 0 saturated heterocycles. The lowest BCUT2D eigenvalue weighted by Gasteiger charge is -2.15. The molecule has 1 fully saturated rings. The number of allylic oxidation sites excluding steroid dienone is 4. The molecule has 2 aliphatic carbocycles. The van der Waals surface area contributed by atoms with E-state index in [1.54, 1.807) is 7.11 Å². The van der Waals surface area contributed by atoms with Crippen LogP contribution in [0.3, 0.4) is 0 Å². The average molecular weight is 299 g/mol. The summed E-state index contributed by atoms with van der Waals surface area (Å²) in [6, 6.07) is 1.82. The third-order valence-electron chi connectivity index (χ3n) is 4.29. The largest absolute Gasteiger partial charge is 0.500 e. The number of hydrogen-bond donors (Lipinski definition) is 1. The Morgan fingerprint density at radius 1 is 1.32 bits per heavy atom. The van der Waals surface area contributed by atoms with Crippen LogP contribution in [0.5, 0.6) is 0 Å². The molecule has 0 spiro atoms. The number of anilines is 1. The van der Waals surface area contributed by atoms with E-state index in [-0.39, 0.29) is 11.8 Å². The number of methoxy groups -OCH3 is 1. The van der Waals surface area contributed by atoms with E-state index < -0.39 is 0 Å². The lowest BCUT2D eigenvalue weighted by atomic mass is 10.0. The Labute approximate surface area is 130 Å². The molecule has 0 bridgehead atoms. The molecule has 1 amide bonds. The minimum absolute atomic E-state index is 0.0716. The molecule has 5 heteroatoms. The Balaban J connectivity index is 1.79. The van der Waals surface area contributed by atoms with Crippen molar-refractivity contribution in [3.05, 3.63) is 36.0 Å². The van der Waals surface area contributed by atoms with Gasteiger partial charge in [-0.15, -0.1) is 0 Å². The molecule has 1 N–H and O–H groups in total. The lowest BCUT2D eigenvalue weighted by molar-refractivity contribution is -0.119. The molecule has 0 radical (unpaired) electrons. The van der Waals surface area contributed by atoms with E-state index in [1.807, 2.05) is 12.1 Å². The molecular formula is C17H21N3O2. The third-order valence-corrected chi connectivity index (χ3v) is 4.29. The zero-order valence-corrected chi connectivity index (χ0v) is 12.8. The van der Waals surface area contributed by atoms with Crippen molar-refractivity contribution in [2.45, 2.75) is 38.5 Å². The summed E-state index contributed by atoms with van der Waals surface area (Å²) in [6.07, 6.45) is 11.7. The van der Waals surface area contributed by atoms with Crippen LogP contribution in [0.4, 0.5) is 5.82 Å². The summed E-state index contributed by atoms with van der Waals surface area (Å²) >= 11 is 0. The highest BCUT2D eigenvalue weighted by molar-refractivity contribution is 5.92. The highest BCUT2D eigenvalue weighted by atomic mass is 16.5. The minimum atomic E-state index is 0.0716. The van der Waals surface area contributed by atoms with Gasteiger partial charge in [-0.05, 0) is 19.3 Å². The van der Waals surface area contributed by atoms with E-state index in [0.29, 0.717) is 5.82 Å². The van der Waals surface area contributed by atoms with E-state index in [2.05, 4.69) is 21.4 Å². The standard InChI is InChI=1S/C17H21N3O2/c1-22-15-9-5-4-8-13(15)14-10-16(19-11-18-14)20-17(21)12-6-2-3-7-12/h4,8,10-12H,2-3,5-7,9H2,1H3,(H,18,19,20,21). The summed E-state index contributed by atoms with van der Waals surface area (Å²) < 4.78 is 5.44. The third kappa shape index (κ3) is 3.18. The molecule has 0 aliphatic heterocycles. The predicted molar refractivity (Wildman–Crippen MR) is 84.9 cm³/mol. The van der Waals surface area contributed by atoms with Crippen molar-refractivity contribution in [2.24, 2.45) is 5.92 Å². The molecule has 0 aromatic carbocycles. The Morgan fingerprint density at radius 3 is 2.91 bits per heavy atom. The number of rotatable bonds is 4. The number of carbonyl (C=O) groups is 1. The average Bonchev–Trinajstić information content (AvgIpc) is 3.10. The number of carbonyl (C=O) groups excluding carboxylic acids is 1. The first-order chi connectivity index (χ1) is 10.8. The first-order valence-corrected chi connectivity index (χ1v) is 7.85. The number of aromatic nitrogens is 2. The summed E-state index contributed by atoms with van der Waals surface area (Å²) in [5.41, 5.74) is 1.75. The van der Waals surface area contributed by atoms with Crippen LogP contribution in [-0.2, 0) is 9.53 Å². The molecule has 116 valence electrons. The van der Waals surface area contributed by atoms with Crippen LogP contribution in [0.2, 0.25) is 0 Å². The van der Waals surface area contributed by atoms with Crippen molar-refractivity contribution in [1.82, 2.24) is 9.97 Å². The van der Waals surface area contributed by atoms with E-state index in [4.69, 9.17) is 4.74 Å². The summed E-state index contributed by atoms with van der Waals surface area (Å²) in [5.74, 6) is 1.68. The zero-order chi connectivity index (χ0) is 15.4. The molecule has 0 atom stereocenters. The minimum Gasteiger partial charge on any atom is -0.500 e. The van der Waals surface area contributed by atoms with Gasteiger partial charge in [-0.2, -0.15) is 0 Å². The van der Waals surface area contributed by atoms with Gasteiger partial charge in [0.05, 0.1) is 12.8 Å². The second-order valence-electron chi connectivity index (χ2n) is 5.74. The molecular weight excluding hydrogens is 278 g/mol. The van der Waals surface area contributed by atoms with Crippen molar-refractivity contribution in [1.29, 1.82) is 0 Å². The SMILES string of the molecule is COC1=C(c2cc(NC(=O)C3CCCC3)ncn2)C=CCC1. The molecule has 0 unspecified atom stereocenters. The van der Waals surface area contributed by atoms with Crippen LogP contribution in [0.25, 0.3) is 5.57 Å². The van der Waals surface area contributed by atoms with Gasteiger partial charge in [0.2, 0.25) is 5.91 Å². The number of amides is 1. The van der Waals surface area contributed by atoms with Gasteiger partial charge in [0, 0.05) is 24.0 Å². The van der Waals surface area contributed by atoms with Gasteiger partial charge in [0.25, 0.3) is 0 Å². The van der Waals surface area contributed by atoms with Crippen molar-refractivity contribution >= 4 is 17.3 Å². The summed E-state index contributed by atoms with van der Waals surface area (Å²) in [7, 11) is 1.68.